The second-order valence-corrected chi connectivity index (χ2v) is 3.86. The van der Waals surface area contributed by atoms with Gasteiger partial charge in [0, 0.05) is 0 Å². The molecule has 1 aromatic rings. The van der Waals surface area contributed by atoms with Crippen LogP contribution in [0.4, 0.5) is 13.2 Å². The molecule has 0 saturated heterocycles. The third-order valence-corrected chi connectivity index (χ3v) is 2.53. The maximum Gasteiger partial charge on any atom is 0.416 e. The van der Waals surface area contributed by atoms with Crippen molar-refractivity contribution in [1.82, 2.24) is 0 Å². The van der Waals surface area contributed by atoms with Gasteiger partial charge in [0.2, 0.25) is 0 Å². The van der Waals surface area contributed by atoms with Crippen molar-refractivity contribution in [3.63, 3.8) is 0 Å². The third-order valence-electron chi connectivity index (χ3n) is 2.53. The molecule has 1 fully saturated rings. The molecule has 0 radical (unpaired) electrons. The fraction of sp³-hybridized carbons (Fsp3) is 0.455. The number of rotatable bonds is 1. The molecule has 0 atom stereocenters. The lowest BCUT2D eigenvalue weighted by atomic mass is 10.0. The lowest BCUT2D eigenvalue weighted by Crippen LogP contribution is -2.08. The molecule has 0 N–H and O–H groups in total. The molecule has 0 spiro atoms. The molecule has 0 aliphatic heterocycles. The van der Waals surface area contributed by atoms with Gasteiger partial charge in [-0.05, 0) is 37.3 Å². The van der Waals surface area contributed by atoms with Gasteiger partial charge in [-0.3, -0.25) is 0 Å². The minimum absolute atomic E-state index is 0.145. The first kappa shape index (κ1) is 9.56. The highest BCUT2D eigenvalue weighted by Gasteiger charge is 2.37. The summed E-state index contributed by atoms with van der Waals surface area (Å²) >= 11 is 0. The summed E-state index contributed by atoms with van der Waals surface area (Å²) in [6.07, 6.45) is -2.41. The summed E-state index contributed by atoms with van der Waals surface area (Å²) in [5, 5.41) is 0. The summed E-state index contributed by atoms with van der Waals surface area (Å²) in [5.41, 5.74) is 0.933. The second-order valence-electron chi connectivity index (χ2n) is 3.86. The lowest BCUT2D eigenvalue weighted by molar-refractivity contribution is -0.138. The van der Waals surface area contributed by atoms with E-state index in [0.29, 0.717) is 5.56 Å². The minimum atomic E-state index is -4.20. The largest absolute Gasteiger partial charge is 0.416 e. The van der Waals surface area contributed by atoms with Crippen molar-refractivity contribution in [3.05, 3.63) is 34.9 Å². The Kier molecular flexibility index (Phi) is 2.05. The normalized spacial score (nSPS) is 17.1. The number of benzene rings is 1. The van der Waals surface area contributed by atoms with Gasteiger partial charge in [-0.15, -0.1) is 0 Å². The quantitative estimate of drug-likeness (QED) is 0.645. The van der Waals surface area contributed by atoms with Crippen LogP contribution >= 0.6 is 0 Å². The maximum absolute atomic E-state index is 12.6. The molecule has 2 rings (SSSR count). The predicted molar refractivity (Wildman–Crippen MR) is 48.2 cm³/mol. The molecule has 1 saturated carbocycles. The molecule has 0 nitrogen and oxygen atoms in total. The third kappa shape index (κ3) is 1.76. The average molecular weight is 200 g/mol. The fourth-order valence-corrected chi connectivity index (χ4v) is 1.67. The molecule has 1 aromatic carbocycles. The molecule has 1 aliphatic rings. The summed E-state index contributed by atoms with van der Waals surface area (Å²) < 4.78 is 37.7. The average Bonchev–Trinajstić information content (AvgIpc) is 2.83. The van der Waals surface area contributed by atoms with Crippen LogP contribution in [0.5, 0.6) is 0 Å². The first-order valence-corrected chi connectivity index (χ1v) is 4.66. The molecule has 0 unspecified atom stereocenters. The molecular formula is C11H11F3. The molecule has 0 aromatic heterocycles. The van der Waals surface area contributed by atoms with Gasteiger partial charge in [-0.1, -0.05) is 17.7 Å². The van der Waals surface area contributed by atoms with E-state index in [1.165, 1.54) is 12.1 Å². The van der Waals surface area contributed by atoms with Gasteiger partial charge in [0.05, 0.1) is 5.56 Å². The van der Waals surface area contributed by atoms with Gasteiger partial charge < -0.3 is 0 Å². The smallest absolute Gasteiger partial charge is 0.166 e. The van der Waals surface area contributed by atoms with Crippen molar-refractivity contribution in [3.8, 4) is 0 Å². The highest BCUT2D eigenvalue weighted by molar-refractivity contribution is 5.38. The zero-order valence-electron chi connectivity index (χ0n) is 7.86. The summed E-state index contributed by atoms with van der Waals surface area (Å²) in [7, 11) is 0. The van der Waals surface area contributed by atoms with E-state index < -0.39 is 11.7 Å². The van der Waals surface area contributed by atoms with Crippen molar-refractivity contribution in [1.29, 1.82) is 0 Å². The van der Waals surface area contributed by atoms with Gasteiger partial charge in [0.1, 0.15) is 0 Å². The van der Waals surface area contributed by atoms with Crippen LogP contribution in [0.25, 0.3) is 0 Å². The Morgan fingerprint density at radius 3 is 2.36 bits per heavy atom. The second kappa shape index (κ2) is 3.01. The van der Waals surface area contributed by atoms with Crippen LogP contribution in [0.15, 0.2) is 18.2 Å². The van der Waals surface area contributed by atoms with Crippen LogP contribution < -0.4 is 0 Å². The van der Waals surface area contributed by atoms with E-state index >= 15 is 0 Å². The summed E-state index contributed by atoms with van der Waals surface area (Å²) in [5.74, 6) is 0.145. The Hall–Kier alpha value is -0.990. The van der Waals surface area contributed by atoms with E-state index in [0.717, 1.165) is 18.4 Å². The Morgan fingerprint density at radius 1 is 1.21 bits per heavy atom. The van der Waals surface area contributed by atoms with Gasteiger partial charge in [-0.25, -0.2) is 0 Å². The number of halogens is 3. The number of hydrogen-bond acceptors (Lipinski definition) is 0. The van der Waals surface area contributed by atoms with E-state index in [-0.39, 0.29) is 5.92 Å². The molecule has 1 aliphatic carbocycles. The molecule has 76 valence electrons. The van der Waals surface area contributed by atoms with Crippen LogP contribution in [0.3, 0.4) is 0 Å². The highest BCUT2D eigenvalue weighted by atomic mass is 19.4. The van der Waals surface area contributed by atoms with Crippen molar-refractivity contribution < 1.29 is 13.2 Å². The number of hydrogen-bond donors (Lipinski definition) is 0. The van der Waals surface area contributed by atoms with Gasteiger partial charge in [-0.2, -0.15) is 13.2 Å². The summed E-state index contributed by atoms with van der Waals surface area (Å²) in [6, 6.07) is 4.39. The van der Waals surface area contributed by atoms with Gasteiger partial charge in [0.25, 0.3) is 0 Å². The Bertz CT molecular complexity index is 348. The number of alkyl halides is 3. The van der Waals surface area contributed by atoms with Crippen molar-refractivity contribution in [2.75, 3.05) is 0 Å². The first-order chi connectivity index (χ1) is 6.48. The Labute approximate surface area is 80.7 Å². The maximum atomic E-state index is 12.6. The topological polar surface area (TPSA) is 0 Å². The van der Waals surface area contributed by atoms with E-state index in [2.05, 4.69) is 0 Å². The van der Waals surface area contributed by atoms with Crippen LogP contribution in [0.1, 0.15) is 35.4 Å². The van der Waals surface area contributed by atoms with Gasteiger partial charge in [0.15, 0.2) is 0 Å². The van der Waals surface area contributed by atoms with Crippen LogP contribution in [-0.2, 0) is 6.18 Å². The molecule has 14 heavy (non-hydrogen) atoms. The van der Waals surface area contributed by atoms with E-state index in [1.807, 2.05) is 6.92 Å². The first-order valence-electron chi connectivity index (χ1n) is 4.66. The Balaban J connectivity index is 2.47. The SMILES string of the molecule is Cc1ccc(C(F)(F)F)c(C2CC2)c1. The van der Waals surface area contributed by atoms with E-state index in [9.17, 15) is 13.2 Å². The summed E-state index contributed by atoms with van der Waals surface area (Å²) in [6.45, 7) is 1.83. The number of aryl methyl sites for hydroxylation is 1. The highest BCUT2D eigenvalue weighted by Crippen LogP contribution is 2.45. The zero-order valence-corrected chi connectivity index (χ0v) is 7.86. The van der Waals surface area contributed by atoms with E-state index in [4.69, 9.17) is 0 Å². The lowest BCUT2D eigenvalue weighted by Gasteiger charge is -2.12. The monoisotopic (exact) mass is 200 g/mol. The van der Waals surface area contributed by atoms with Crippen molar-refractivity contribution in [2.45, 2.75) is 31.9 Å². The fourth-order valence-electron chi connectivity index (χ4n) is 1.67. The van der Waals surface area contributed by atoms with Crippen molar-refractivity contribution in [2.24, 2.45) is 0 Å². The molecule has 0 heterocycles. The standard InChI is InChI=1S/C11H11F3/c1-7-2-5-10(11(12,13)14)9(6-7)8-3-4-8/h2,5-6,8H,3-4H2,1H3. The minimum Gasteiger partial charge on any atom is -0.166 e. The van der Waals surface area contributed by atoms with Gasteiger partial charge >= 0.3 is 6.18 Å². The van der Waals surface area contributed by atoms with E-state index in [1.54, 1.807) is 6.07 Å². The van der Waals surface area contributed by atoms with Crippen molar-refractivity contribution >= 4 is 0 Å². The Morgan fingerprint density at radius 2 is 1.86 bits per heavy atom. The summed E-state index contributed by atoms with van der Waals surface area (Å²) in [4.78, 5) is 0. The molecular weight excluding hydrogens is 189 g/mol. The van der Waals surface area contributed by atoms with Crippen LogP contribution in [0.2, 0.25) is 0 Å². The molecule has 0 amide bonds. The molecule has 0 bridgehead atoms. The van der Waals surface area contributed by atoms with Crippen LogP contribution in [0, 0.1) is 6.92 Å². The predicted octanol–water partition coefficient (Wildman–Crippen LogP) is 3.89. The zero-order chi connectivity index (χ0) is 10.3. The molecule has 3 heteroatoms. The van der Waals surface area contributed by atoms with Crippen LogP contribution in [-0.4, -0.2) is 0 Å².